The maximum absolute atomic E-state index is 5.93. The molecule has 0 radical (unpaired) electrons. The van der Waals surface area contributed by atoms with E-state index in [1.54, 1.807) is 6.07 Å². The lowest BCUT2D eigenvalue weighted by Crippen LogP contribution is -2.21. The fourth-order valence-electron chi connectivity index (χ4n) is 1.36. The molecule has 1 N–H and O–H groups in total. The number of ether oxygens (including phenoxy) is 1. The minimum Gasteiger partial charge on any atom is -0.380 e. The van der Waals surface area contributed by atoms with E-state index in [-0.39, 0.29) is 6.04 Å². The van der Waals surface area contributed by atoms with Gasteiger partial charge in [-0.25, -0.2) is 0 Å². The van der Waals surface area contributed by atoms with E-state index in [4.69, 9.17) is 27.9 Å². The van der Waals surface area contributed by atoms with Crippen molar-refractivity contribution in [1.82, 2.24) is 5.32 Å². The van der Waals surface area contributed by atoms with E-state index >= 15 is 0 Å². The van der Waals surface area contributed by atoms with Gasteiger partial charge in [-0.3, -0.25) is 0 Å². The van der Waals surface area contributed by atoms with E-state index in [9.17, 15) is 0 Å². The lowest BCUT2D eigenvalue weighted by molar-refractivity contribution is 0.125. The van der Waals surface area contributed by atoms with Crippen molar-refractivity contribution < 1.29 is 4.74 Å². The zero-order chi connectivity index (χ0) is 11.3. The molecule has 0 spiro atoms. The molecule has 0 heterocycles. The fraction of sp³-hybridized carbons (Fsp3) is 0.455. The van der Waals surface area contributed by atoms with Gasteiger partial charge in [-0.2, -0.15) is 0 Å². The Morgan fingerprint density at radius 2 is 1.87 bits per heavy atom. The lowest BCUT2D eigenvalue weighted by Gasteiger charge is -2.16. The predicted molar refractivity (Wildman–Crippen MR) is 64.8 cm³/mol. The van der Waals surface area contributed by atoms with Crippen molar-refractivity contribution in [1.29, 1.82) is 0 Å². The maximum atomic E-state index is 5.93. The Bertz CT molecular complexity index is 297. The molecule has 0 aliphatic carbocycles. The average Bonchev–Trinajstić information content (AvgIpc) is 2.17. The zero-order valence-corrected chi connectivity index (χ0v) is 10.4. The second-order valence-electron chi connectivity index (χ2n) is 3.20. The summed E-state index contributed by atoms with van der Waals surface area (Å²) in [5.74, 6) is 0. The summed E-state index contributed by atoms with van der Waals surface area (Å²) >= 11 is 11.9. The van der Waals surface area contributed by atoms with Gasteiger partial charge in [0.1, 0.15) is 0 Å². The number of nitrogens with one attached hydrogen (secondary N) is 1. The van der Waals surface area contributed by atoms with Crippen LogP contribution in [-0.2, 0) is 4.74 Å². The molecule has 2 nitrogen and oxygen atoms in total. The number of rotatable bonds is 5. The van der Waals surface area contributed by atoms with Crippen LogP contribution in [-0.4, -0.2) is 20.3 Å². The number of hydrogen-bond donors (Lipinski definition) is 1. The van der Waals surface area contributed by atoms with Crippen LogP contribution in [0.15, 0.2) is 18.2 Å². The molecule has 0 aliphatic rings. The molecular weight excluding hydrogens is 233 g/mol. The molecule has 1 atom stereocenters. The topological polar surface area (TPSA) is 21.3 Å². The highest BCUT2D eigenvalue weighted by Gasteiger charge is 2.10. The molecule has 1 aromatic rings. The summed E-state index contributed by atoms with van der Waals surface area (Å²) in [5.41, 5.74) is 1.04. The normalized spacial score (nSPS) is 12.8. The fourth-order valence-corrected chi connectivity index (χ4v) is 1.90. The van der Waals surface area contributed by atoms with Crippen LogP contribution in [0.1, 0.15) is 18.5 Å². The van der Waals surface area contributed by atoms with Crippen molar-refractivity contribution in [3.8, 4) is 0 Å². The van der Waals surface area contributed by atoms with Crippen molar-refractivity contribution in [2.75, 3.05) is 20.3 Å². The second-order valence-corrected chi connectivity index (χ2v) is 4.08. The molecule has 1 unspecified atom stereocenters. The van der Waals surface area contributed by atoms with Crippen LogP contribution in [0.4, 0.5) is 0 Å². The standard InChI is InChI=1S/C11H15Cl2NO/c1-3-15-7-11(14-2)8-4-9(12)6-10(13)5-8/h4-6,11,14H,3,7H2,1-2H3. The Morgan fingerprint density at radius 3 is 2.33 bits per heavy atom. The summed E-state index contributed by atoms with van der Waals surface area (Å²) in [7, 11) is 1.89. The van der Waals surface area contributed by atoms with Gasteiger partial charge in [0.15, 0.2) is 0 Å². The van der Waals surface area contributed by atoms with E-state index in [1.807, 2.05) is 26.1 Å². The Hall–Kier alpha value is -0.280. The van der Waals surface area contributed by atoms with Gasteiger partial charge in [0.2, 0.25) is 0 Å². The van der Waals surface area contributed by atoms with Gasteiger partial charge in [0.25, 0.3) is 0 Å². The zero-order valence-electron chi connectivity index (χ0n) is 8.89. The van der Waals surface area contributed by atoms with Crippen LogP contribution in [0.25, 0.3) is 0 Å². The molecule has 0 amide bonds. The van der Waals surface area contributed by atoms with Gasteiger partial charge in [0.05, 0.1) is 12.6 Å². The Morgan fingerprint density at radius 1 is 1.27 bits per heavy atom. The molecule has 0 saturated heterocycles. The highest BCUT2D eigenvalue weighted by molar-refractivity contribution is 6.34. The third-order valence-electron chi connectivity index (χ3n) is 2.12. The van der Waals surface area contributed by atoms with Crippen molar-refractivity contribution >= 4 is 23.2 Å². The first-order valence-corrected chi connectivity index (χ1v) is 5.64. The van der Waals surface area contributed by atoms with E-state index < -0.39 is 0 Å². The molecule has 0 fully saturated rings. The summed E-state index contributed by atoms with van der Waals surface area (Å²) in [4.78, 5) is 0. The van der Waals surface area contributed by atoms with Crippen molar-refractivity contribution in [3.05, 3.63) is 33.8 Å². The predicted octanol–water partition coefficient (Wildman–Crippen LogP) is 3.29. The molecule has 15 heavy (non-hydrogen) atoms. The van der Waals surface area contributed by atoms with Crippen LogP contribution in [0.3, 0.4) is 0 Å². The molecule has 0 saturated carbocycles. The van der Waals surface area contributed by atoms with Crippen LogP contribution >= 0.6 is 23.2 Å². The van der Waals surface area contributed by atoms with E-state index in [1.165, 1.54) is 0 Å². The van der Waals surface area contributed by atoms with Crippen molar-refractivity contribution in [3.63, 3.8) is 0 Å². The summed E-state index contributed by atoms with van der Waals surface area (Å²) in [6, 6.07) is 5.64. The minimum absolute atomic E-state index is 0.126. The lowest BCUT2D eigenvalue weighted by atomic mass is 10.1. The average molecular weight is 248 g/mol. The van der Waals surface area contributed by atoms with Crippen molar-refractivity contribution in [2.45, 2.75) is 13.0 Å². The maximum Gasteiger partial charge on any atom is 0.0661 e. The number of benzene rings is 1. The number of likely N-dealkylation sites (N-methyl/N-ethyl adjacent to an activating group) is 1. The van der Waals surface area contributed by atoms with Crippen LogP contribution < -0.4 is 5.32 Å². The molecule has 0 aromatic heterocycles. The second kappa shape index (κ2) is 6.33. The number of halogens is 2. The minimum atomic E-state index is 0.126. The Labute approximate surface area is 101 Å². The largest absolute Gasteiger partial charge is 0.380 e. The first-order valence-electron chi connectivity index (χ1n) is 4.88. The molecule has 1 rings (SSSR count). The van der Waals surface area contributed by atoms with Crippen molar-refractivity contribution in [2.24, 2.45) is 0 Å². The molecule has 1 aromatic carbocycles. The summed E-state index contributed by atoms with van der Waals surface area (Å²) in [6.45, 7) is 3.29. The molecule has 4 heteroatoms. The van der Waals surface area contributed by atoms with Crippen LogP contribution in [0, 0.1) is 0 Å². The molecule has 0 bridgehead atoms. The third-order valence-corrected chi connectivity index (χ3v) is 2.56. The van der Waals surface area contributed by atoms with E-state index in [2.05, 4.69) is 5.32 Å². The summed E-state index contributed by atoms with van der Waals surface area (Å²) in [5, 5.41) is 4.46. The Kier molecular flexibility index (Phi) is 5.40. The van der Waals surface area contributed by atoms with Gasteiger partial charge in [-0.15, -0.1) is 0 Å². The smallest absolute Gasteiger partial charge is 0.0661 e. The molecule has 84 valence electrons. The SMILES string of the molecule is CCOCC(NC)c1cc(Cl)cc(Cl)c1. The highest BCUT2D eigenvalue weighted by Crippen LogP contribution is 2.23. The third kappa shape index (κ3) is 3.99. The van der Waals surface area contributed by atoms with Gasteiger partial charge in [-0.1, -0.05) is 23.2 Å². The van der Waals surface area contributed by atoms with Crippen LogP contribution in [0.2, 0.25) is 10.0 Å². The summed E-state index contributed by atoms with van der Waals surface area (Å²) < 4.78 is 5.37. The van der Waals surface area contributed by atoms with Crippen LogP contribution in [0.5, 0.6) is 0 Å². The van der Waals surface area contributed by atoms with E-state index in [0.717, 1.165) is 5.56 Å². The highest BCUT2D eigenvalue weighted by atomic mass is 35.5. The van der Waals surface area contributed by atoms with Gasteiger partial charge in [-0.05, 0) is 37.7 Å². The first-order chi connectivity index (χ1) is 7.17. The first kappa shape index (κ1) is 12.8. The molecule has 0 aliphatic heterocycles. The Balaban J connectivity index is 2.81. The van der Waals surface area contributed by atoms with E-state index in [0.29, 0.717) is 23.3 Å². The summed E-state index contributed by atoms with van der Waals surface area (Å²) in [6.07, 6.45) is 0. The number of hydrogen-bond acceptors (Lipinski definition) is 2. The molecular formula is C11H15Cl2NO. The quantitative estimate of drug-likeness (QED) is 0.863. The van der Waals surface area contributed by atoms with Gasteiger partial charge in [0, 0.05) is 16.7 Å². The van der Waals surface area contributed by atoms with Gasteiger partial charge < -0.3 is 10.1 Å². The monoisotopic (exact) mass is 247 g/mol. The van der Waals surface area contributed by atoms with Gasteiger partial charge >= 0.3 is 0 Å².